The van der Waals surface area contributed by atoms with Crippen molar-refractivity contribution < 1.29 is 27.9 Å². The number of alkyl halides is 3. The fraction of sp³-hybridized carbons (Fsp3) is 0.316. The smallest absolute Gasteiger partial charge is 0.435 e. The third-order valence-corrected chi connectivity index (χ3v) is 5.04. The van der Waals surface area contributed by atoms with Crippen LogP contribution in [0.2, 0.25) is 0 Å². The van der Waals surface area contributed by atoms with Crippen LogP contribution in [0.25, 0.3) is 5.69 Å². The van der Waals surface area contributed by atoms with E-state index in [4.69, 9.17) is 5.11 Å². The Labute approximate surface area is 173 Å². The molecule has 1 aliphatic rings. The first kappa shape index (κ1) is 20.6. The van der Waals surface area contributed by atoms with E-state index in [0.717, 1.165) is 22.4 Å². The van der Waals surface area contributed by atoms with Crippen molar-refractivity contribution in [2.24, 2.45) is 7.05 Å². The molecule has 9 nitrogen and oxygen atoms in total. The number of aromatic nitrogens is 5. The molecule has 0 spiro atoms. The van der Waals surface area contributed by atoms with E-state index < -0.39 is 29.8 Å². The molecule has 0 radical (unpaired) electrons. The van der Waals surface area contributed by atoms with Crippen molar-refractivity contribution in [3.8, 4) is 5.69 Å². The van der Waals surface area contributed by atoms with Crippen LogP contribution in [0.3, 0.4) is 0 Å². The molecule has 0 aromatic carbocycles. The number of carbonyl (C=O) groups excluding carboxylic acids is 1. The zero-order valence-electron chi connectivity index (χ0n) is 16.2. The van der Waals surface area contributed by atoms with E-state index in [-0.39, 0.29) is 11.4 Å². The number of hydrogen-bond acceptors (Lipinski definition) is 5. The van der Waals surface area contributed by atoms with Crippen molar-refractivity contribution in [3.63, 3.8) is 0 Å². The van der Waals surface area contributed by atoms with Gasteiger partial charge in [-0.2, -0.15) is 23.4 Å². The maximum Gasteiger partial charge on any atom is 0.435 e. The molecule has 0 saturated carbocycles. The van der Waals surface area contributed by atoms with Crippen LogP contribution >= 0.6 is 0 Å². The van der Waals surface area contributed by atoms with Gasteiger partial charge in [-0.05, 0) is 31.4 Å². The van der Waals surface area contributed by atoms with E-state index in [2.05, 4.69) is 20.5 Å². The molecule has 0 saturated heterocycles. The number of aryl methyl sites for hydroxylation is 2. The number of rotatable bonds is 4. The van der Waals surface area contributed by atoms with Gasteiger partial charge in [0, 0.05) is 31.1 Å². The summed E-state index contributed by atoms with van der Waals surface area (Å²) < 4.78 is 41.1. The first-order valence-corrected chi connectivity index (χ1v) is 9.33. The van der Waals surface area contributed by atoms with E-state index >= 15 is 0 Å². The average Bonchev–Trinajstić information content (AvgIpc) is 3.32. The van der Waals surface area contributed by atoms with Gasteiger partial charge in [0.15, 0.2) is 5.69 Å². The lowest BCUT2D eigenvalue weighted by Gasteiger charge is -2.22. The predicted octanol–water partition coefficient (Wildman–Crippen LogP) is 2.53. The van der Waals surface area contributed by atoms with Crippen LogP contribution in [-0.4, -0.2) is 41.5 Å². The van der Waals surface area contributed by atoms with Crippen LogP contribution in [-0.2, 0) is 19.6 Å². The number of pyridine rings is 1. The Morgan fingerprint density at radius 1 is 1.26 bits per heavy atom. The predicted molar refractivity (Wildman–Crippen MR) is 99.7 cm³/mol. The molecule has 162 valence electrons. The first-order chi connectivity index (χ1) is 14.6. The Kier molecular flexibility index (Phi) is 4.99. The molecule has 0 unspecified atom stereocenters. The van der Waals surface area contributed by atoms with Gasteiger partial charge in [0.05, 0.1) is 17.4 Å². The number of nitrogens with one attached hydrogen (secondary N) is 1. The fourth-order valence-corrected chi connectivity index (χ4v) is 3.55. The number of nitrogens with zero attached hydrogens (tertiary/aromatic N) is 5. The summed E-state index contributed by atoms with van der Waals surface area (Å²) in [5.41, 5.74) is 0.481. The van der Waals surface area contributed by atoms with Crippen LogP contribution in [0.15, 0.2) is 30.6 Å². The SMILES string of the molecule is Cn1nc(C(F)(F)F)cc1C(=O)N[C@H]1CCCc2nn(-c3ccnc(C(=O)O)c3)cc21. The van der Waals surface area contributed by atoms with Gasteiger partial charge in [0.2, 0.25) is 0 Å². The summed E-state index contributed by atoms with van der Waals surface area (Å²) in [5.74, 6) is -1.84. The van der Waals surface area contributed by atoms with E-state index in [9.17, 15) is 22.8 Å². The van der Waals surface area contributed by atoms with Crippen LogP contribution in [0.5, 0.6) is 0 Å². The van der Waals surface area contributed by atoms with Gasteiger partial charge in [0.1, 0.15) is 11.4 Å². The summed E-state index contributed by atoms with van der Waals surface area (Å²) in [4.78, 5) is 27.6. The lowest BCUT2D eigenvalue weighted by Crippen LogP contribution is -2.31. The number of amides is 1. The van der Waals surface area contributed by atoms with Crippen molar-refractivity contribution >= 4 is 11.9 Å². The van der Waals surface area contributed by atoms with Crippen molar-refractivity contribution in [2.75, 3.05) is 0 Å². The summed E-state index contributed by atoms with van der Waals surface area (Å²) in [6.07, 6.45) is 0.379. The number of hydrogen-bond donors (Lipinski definition) is 2. The molecule has 3 aromatic heterocycles. The number of carboxylic acid groups (broad SMARTS) is 1. The Hall–Kier alpha value is -3.70. The van der Waals surface area contributed by atoms with Crippen molar-refractivity contribution in [1.82, 2.24) is 29.9 Å². The summed E-state index contributed by atoms with van der Waals surface area (Å²) in [5, 5.41) is 19.7. The molecule has 31 heavy (non-hydrogen) atoms. The summed E-state index contributed by atoms with van der Waals surface area (Å²) in [7, 11) is 1.28. The average molecular weight is 434 g/mol. The lowest BCUT2D eigenvalue weighted by atomic mass is 9.93. The number of aromatic carboxylic acids is 1. The highest BCUT2D eigenvalue weighted by atomic mass is 19.4. The maximum atomic E-state index is 12.9. The second-order valence-corrected chi connectivity index (χ2v) is 7.13. The van der Waals surface area contributed by atoms with Gasteiger partial charge in [-0.3, -0.25) is 9.48 Å². The molecule has 0 fully saturated rings. The third-order valence-electron chi connectivity index (χ3n) is 5.04. The molecule has 0 aliphatic heterocycles. The largest absolute Gasteiger partial charge is 0.477 e. The van der Waals surface area contributed by atoms with Gasteiger partial charge in [-0.15, -0.1) is 0 Å². The molecule has 0 bridgehead atoms. The molecular weight excluding hydrogens is 417 g/mol. The van der Waals surface area contributed by atoms with Crippen molar-refractivity contribution in [3.05, 3.63) is 58.9 Å². The highest BCUT2D eigenvalue weighted by Crippen LogP contribution is 2.31. The molecule has 3 heterocycles. The fourth-order valence-electron chi connectivity index (χ4n) is 3.55. The molecule has 3 aromatic rings. The van der Waals surface area contributed by atoms with Gasteiger partial charge >= 0.3 is 12.1 Å². The molecule has 12 heteroatoms. The quantitative estimate of drug-likeness (QED) is 0.652. The van der Waals surface area contributed by atoms with Gasteiger partial charge < -0.3 is 10.4 Å². The second-order valence-electron chi connectivity index (χ2n) is 7.13. The van der Waals surface area contributed by atoms with Gasteiger partial charge in [-0.1, -0.05) is 0 Å². The minimum Gasteiger partial charge on any atom is -0.477 e. The van der Waals surface area contributed by atoms with Crippen LogP contribution in [0.1, 0.15) is 56.8 Å². The standard InChI is InChI=1S/C19H17F3N6O3/c1-27-15(8-16(26-27)19(20,21)22)17(29)24-12-3-2-4-13-11(12)9-28(25-13)10-5-6-23-14(7-10)18(30)31/h5-9,12H,2-4H2,1H3,(H,24,29)(H,30,31)/t12-/m0/s1. The molecular formula is C19H17F3N6O3. The molecule has 2 N–H and O–H groups in total. The van der Waals surface area contributed by atoms with Crippen LogP contribution in [0.4, 0.5) is 13.2 Å². The van der Waals surface area contributed by atoms with E-state index in [0.29, 0.717) is 24.6 Å². The van der Waals surface area contributed by atoms with E-state index in [1.807, 2.05) is 0 Å². The summed E-state index contributed by atoms with van der Waals surface area (Å²) in [6, 6.07) is 3.25. The first-order valence-electron chi connectivity index (χ1n) is 9.33. The van der Waals surface area contributed by atoms with Crippen LogP contribution < -0.4 is 5.32 Å². The zero-order chi connectivity index (χ0) is 22.3. The van der Waals surface area contributed by atoms with Crippen molar-refractivity contribution in [1.29, 1.82) is 0 Å². The van der Waals surface area contributed by atoms with Crippen molar-refractivity contribution in [2.45, 2.75) is 31.5 Å². The second kappa shape index (κ2) is 7.52. The minimum absolute atomic E-state index is 0.132. The highest BCUT2D eigenvalue weighted by Gasteiger charge is 2.36. The molecule has 1 amide bonds. The zero-order valence-corrected chi connectivity index (χ0v) is 16.2. The molecule has 1 atom stereocenters. The Morgan fingerprint density at radius 3 is 2.71 bits per heavy atom. The number of fused-ring (bicyclic) bond motifs is 1. The Balaban J connectivity index is 1.59. The molecule has 1 aliphatic carbocycles. The summed E-state index contributed by atoms with van der Waals surface area (Å²) in [6.45, 7) is 0. The van der Waals surface area contributed by atoms with Gasteiger partial charge in [-0.25, -0.2) is 14.5 Å². The number of carboxylic acids is 1. The highest BCUT2D eigenvalue weighted by molar-refractivity contribution is 5.93. The monoisotopic (exact) mass is 434 g/mol. The number of carbonyl (C=O) groups is 2. The lowest BCUT2D eigenvalue weighted by molar-refractivity contribution is -0.141. The minimum atomic E-state index is -4.64. The Bertz CT molecular complexity index is 1170. The number of halogens is 3. The maximum absolute atomic E-state index is 12.9. The summed E-state index contributed by atoms with van der Waals surface area (Å²) >= 11 is 0. The third kappa shape index (κ3) is 4.00. The molecule has 4 rings (SSSR count). The van der Waals surface area contributed by atoms with Crippen LogP contribution in [0, 0.1) is 0 Å². The normalized spacial score (nSPS) is 16.1. The van der Waals surface area contributed by atoms with Gasteiger partial charge in [0.25, 0.3) is 5.91 Å². The Morgan fingerprint density at radius 2 is 2.03 bits per heavy atom. The topological polar surface area (TPSA) is 115 Å². The van der Waals surface area contributed by atoms with E-state index in [1.54, 1.807) is 12.3 Å². The van der Waals surface area contributed by atoms with E-state index in [1.165, 1.54) is 24.0 Å².